The molecular formula is C21H40N6O3. The Balaban J connectivity index is 3.40. The van der Waals surface area contributed by atoms with Crippen LogP contribution in [0.25, 0.3) is 0 Å². The van der Waals surface area contributed by atoms with E-state index in [4.69, 9.17) is 11.5 Å². The number of carbonyl (C=O) groups is 3. The van der Waals surface area contributed by atoms with Gasteiger partial charge >= 0.3 is 0 Å². The highest BCUT2D eigenvalue weighted by molar-refractivity contribution is 5.94. The summed E-state index contributed by atoms with van der Waals surface area (Å²) in [7, 11) is 0. The molecule has 0 unspecified atom stereocenters. The Hall–Kier alpha value is -2.32. The molecule has 0 aromatic carbocycles. The topological polar surface area (TPSA) is 143 Å². The third-order valence-electron chi connectivity index (χ3n) is 6.89. The molecule has 0 radical (unpaired) electrons. The highest BCUT2D eigenvalue weighted by Gasteiger charge is 2.52. The van der Waals surface area contributed by atoms with E-state index in [1.807, 2.05) is 41.5 Å². The minimum Gasteiger partial charge on any atom is -0.370 e. The van der Waals surface area contributed by atoms with Crippen molar-refractivity contribution in [3.8, 4) is 0 Å². The van der Waals surface area contributed by atoms with Gasteiger partial charge in [0.25, 0.3) is 0 Å². The largest absolute Gasteiger partial charge is 0.370 e. The first kappa shape index (κ1) is 25.7. The maximum absolute atomic E-state index is 13.3. The number of guanidine groups is 1. The van der Waals surface area contributed by atoms with Crippen molar-refractivity contribution in [2.45, 2.75) is 91.3 Å². The van der Waals surface area contributed by atoms with Crippen LogP contribution in [-0.2, 0) is 14.4 Å². The summed E-state index contributed by atoms with van der Waals surface area (Å²) in [6, 6.07) is -0.293. The van der Waals surface area contributed by atoms with E-state index in [-0.39, 0.29) is 29.7 Å². The average molecular weight is 425 g/mol. The Morgan fingerprint density at radius 1 is 1.13 bits per heavy atom. The van der Waals surface area contributed by atoms with E-state index in [1.165, 1.54) is 6.92 Å². The van der Waals surface area contributed by atoms with Crippen LogP contribution < -0.4 is 22.1 Å². The van der Waals surface area contributed by atoms with Crippen LogP contribution in [0.2, 0.25) is 0 Å². The van der Waals surface area contributed by atoms with Crippen LogP contribution >= 0.6 is 0 Å². The average Bonchev–Trinajstić information content (AvgIpc) is 2.65. The molecule has 1 fully saturated rings. The third kappa shape index (κ3) is 5.23. The number of nitrogens with one attached hydrogen (secondary N) is 2. The summed E-state index contributed by atoms with van der Waals surface area (Å²) in [4.78, 5) is 44.8. The van der Waals surface area contributed by atoms with Crippen molar-refractivity contribution in [2.24, 2.45) is 21.9 Å². The zero-order valence-electron chi connectivity index (χ0n) is 19.6. The SMILES string of the molecule is CCC1(CC)NC(=O)C(C)(C)C(C)(C)N(C(C)=O)C[C@H](CCCN=C(N)N)NC1=O. The van der Waals surface area contributed by atoms with Crippen LogP contribution in [0, 0.1) is 5.41 Å². The van der Waals surface area contributed by atoms with Crippen LogP contribution in [0.15, 0.2) is 4.99 Å². The lowest BCUT2D eigenvalue weighted by Gasteiger charge is -2.51. The van der Waals surface area contributed by atoms with E-state index in [1.54, 1.807) is 4.90 Å². The summed E-state index contributed by atoms with van der Waals surface area (Å²) in [5.41, 5.74) is 8.09. The van der Waals surface area contributed by atoms with Gasteiger partial charge in [-0.1, -0.05) is 13.8 Å². The first-order chi connectivity index (χ1) is 13.7. The number of carbonyl (C=O) groups excluding carboxylic acids is 3. The highest BCUT2D eigenvalue weighted by atomic mass is 16.2. The van der Waals surface area contributed by atoms with Crippen molar-refractivity contribution in [1.82, 2.24) is 15.5 Å². The van der Waals surface area contributed by atoms with Crippen LogP contribution in [-0.4, -0.2) is 58.8 Å². The number of rotatable bonds is 6. The number of amides is 3. The summed E-state index contributed by atoms with van der Waals surface area (Å²) in [5.74, 6) is -0.602. The minimum absolute atomic E-state index is 0.0249. The van der Waals surface area contributed by atoms with Gasteiger partial charge in [0.05, 0.1) is 11.0 Å². The molecule has 0 aromatic rings. The molecule has 0 aromatic heterocycles. The van der Waals surface area contributed by atoms with Gasteiger partial charge in [-0.2, -0.15) is 0 Å². The minimum atomic E-state index is -0.999. The predicted molar refractivity (Wildman–Crippen MR) is 119 cm³/mol. The second-order valence-electron chi connectivity index (χ2n) is 9.18. The monoisotopic (exact) mass is 424 g/mol. The fraction of sp³-hybridized carbons (Fsp3) is 0.810. The van der Waals surface area contributed by atoms with E-state index in [9.17, 15) is 14.4 Å². The lowest BCUT2D eigenvalue weighted by molar-refractivity contribution is -0.153. The van der Waals surface area contributed by atoms with Gasteiger partial charge in [0.1, 0.15) is 5.54 Å². The van der Waals surface area contributed by atoms with Gasteiger partial charge in [0.15, 0.2) is 5.96 Å². The molecule has 0 bridgehead atoms. The van der Waals surface area contributed by atoms with E-state index >= 15 is 0 Å². The summed E-state index contributed by atoms with van der Waals surface area (Å²) in [6.07, 6.45) is 2.18. The molecule has 172 valence electrons. The molecule has 1 aliphatic heterocycles. The van der Waals surface area contributed by atoms with Crippen LogP contribution in [0.5, 0.6) is 0 Å². The lowest BCUT2D eigenvalue weighted by atomic mass is 9.71. The van der Waals surface area contributed by atoms with Crippen molar-refractivity contribution in [1.29, 1.82) is 0 Å². The second-order valence-corrected chi connectivity index (χ2v) is 9.18. The van der Waals surface area contributed by atoms with Gasteiger partial charge in [-0.15, -0.1) is 0 Å². The van der Waals surface area contributed by atoms with Crippen LogP contribution in [0.4, 0.5) is 0 Å². The van der Waals surface area contributed by atoms with Gasteiger partial charge in [0, 0.05) is 26.1 Å². The lowest BCUT2D eigenvalue weighted by Crippen LogP contribution is -2.69. The number of hydrogen-bond acceptors (Lipinski definition) is 4. The Bertz CT molecular complexity index is 678. The van der Waals surface area contributed by atoms with E-state index in [0.29, 0.717) is 38.8 Å². The molecule has 30 heavy (non-hydrogen) atoms. The number of nitrogens with zero attached hydrogens (tertiary/aromatic N) is 2. The molecule has 1 aliphatic rings. The number of hydrogen-bond donors (Lipinski definition) is 4. The molecule has 3 amide bonds. The zero-order chi connectivity index (χ0) is 23.3. The summed E-state index contributed by atoms with van der Waals surface area (Å²) >= 11 is 0. The first-order valence-corrected chi connectivity index (χ1v) is 10.7. The summed E-state index contributed by atoms with van der Waals surface area (Å²) in [5, 5.41) is 6.09. The standard InChI is InChI=1S/C21H40N6O3/c1-8-21(9-2)17(30)25-15(11-10-12-24-18(22)23)13-27(14(3)28)20(6,7)19(4,5)16(29)26-21/h15H,8-13H2,1-7H3,(H,25,30)(H,26,29)(H4,22,23,24)/t15-/m0/s1. The normalized spacial score (nSPS) is 23.2. The summed E-state index contributed by atoms with van der Waals surface area (Å²) in [6.45, 7) is 13.4. The fourth-order valence-corrected chi connectivity index (χ4v) is 3.84. The van der Waals surface area contributed by atoms with Crippen LogP contribution in [0.3, 0.4) is 0 Å². The molecule has 0 saturated carbocycles. The molecule has 1 saturated heterocycles. The zero-order valence-corrected chi connectivity index (χ0v) is 19.6. The van der Waals surface area contributed by atoms with Gasteiger partial charge in [0.2, 0.25) is 17.7 Å². The Kier molecular flexibility index (Phi) is 8.28. The fourth-order valence-electron chi connectivity index (χ4n) is 3.84. The molecule has 1 atom stereocenters. The molecule has 0 aliphatic carbocycles. The highest BCUT2D eigenvalue weighted by Crippen LogP contribution is 2.38. The molecule has 9 nitrogen and oxygen atoms in total. The molecular weight excluding hydrogens is 384 g/mol. The van der Waals surface area contributed by atoms with E-state index < -0.39 is 16.5 Å². The molecule has 6 N–H and O–H groups in total. The van der Waals surface area contributed by atoms with E-state index in [2.05, 4.69) is 15.6 Å². The van der Waals surface area contributed by atoms with Crippen molar-refractivity contribution in [3.05, 3.63) is 0 Å². The van der Waals surface area contributed by atoms with E-state index in [0.717, 1.165) is 0 Å². The van der Waals surface area contributed by atoms with Gasteiger partial charge in [-0.25, -0.2) is 0 Å². The molecule has 9 heteroatoms. The van der Waals surface area contributed by atoms with Crippen molar-refractivity contribution >= 4 is 23.7 Å². The van der Waals surface area contributed by atoms with Crippen molar-refractivity contribution < 1.29 is 14.4 Å². The summed E-state index contributed by atoms with van der Waals surface area (Å²) < 4.78 is 0. The maximum atomic E-state index is 13.3. The number of aliphatic imine (C=N–C) groups is 1. The molecule has 1 rings (SSSR count). The van der Waals surface area contributed by atoms with Crippen molar-refractivity contribution in [2.75, 3.05) is 13.1 Å². The smallest absolute Gasteiger partial charge is 0.246 e. The van der Waals surface area contributed by atoms with Gasteiger partial charge in [-0.05, 0) is 53.4 Å². The quantitative estimate of drug-likeness (QED) is 0.284. The second kappa shape index (κ2) is 9.66. The Morgan fingerprint density at radius 3 is 2.17 bits per heavy atom. The maximum Gasteiger partial charge on any atom is 0.246 e. The molecule has 0 spiro atoms. The van der Waals surface area contributed by atoms with Gasteiger partial charge in [-0.3, -0.25) is 19.4 Å². The molecule has 1 heterocycles. The Labute approximate surface area is 180 Å². The first-order valence-electron chi connectivity index (χ1n) is 10.7. The third-order valence-corrected chi connectivity index (χ3v) is 6.89. The predicted octanol–water partition coefficient (Wildman–Crippen LogP) is 0.867. The number of nitrogens with two attached hydrogens (primary N) is 2. The Morgan fingerprint density at radius 2 is 1.70 bits per heavy atom. The van der Waals surface area contributed by atoms with Gasteiger partial charge < -0.3 is 27.0 Å². The van der Waals surface area contributed by atoms with Crippen molar-refractivity contribution in [3.63, 3.8) is 0 Å². The van der Waals surface area contributed by atoms with Crippen LogP contribution in [0.1, 0.15) is 74.1 Å².